The molecule has 1 rings (SSSR count). The summed E-state index contributed by atoms with van der Waals surface area (Å²) in [6, 6.07) is 0.521. The normalized spacial score (nSPS) is 13.0. The molecule has 0 saturated heterocycles. The molecular weight excluding hydrogens is 150 g/mol. The number of rotatable bonds is 3. The Balaban J connectivity index is 2.68. The Bertz CT molecular complexity index is 252. The maximum atomic E-state index is 4.25. The van der Waals surface area contributed by atoms with Crippen LogP contribution in [0.5, 0.6) is 0 Å². The Kier molecular flexibility index (Phi) is 2.74. The highest BCUT2D eigenvalue weighted by atomic mass is 15.3. The fraction of sp³-hybridized carbons (Fsp3) is 0.667. The van der Waals surface area contributed by atoms with E-state index in [2.05, 4.69) is 24.3 Å². The largest absolute Gasteiger partial charge is 0.380 e. The predicted molar refractivity (Wildman–Crippen MR) is 51.3 cm³/mol. The summed E-state index contributed by atoms with van der Waals surface area (Å²) in [5.41, 5.74) is 2.21. The second-order valence-corrected chi connectivity index (χ2v) is 3.26. The highest BCUT2D eigenvalue weighted by Crippen LogP contribution is 2.13. The first-order valence-corrected chi connectivity index (χ1v) is 4.40. The molecule has 0 bridgehead atoms. The summed E-state index contributed by atoms with van der Waals surface area (Å²) in [6.07, 6.45) is 3.15. The Hall–Kier alpha value is -0.990. The lowest BCUT2D eigenvalue weighted by Crippen LogP contribution is -2.13. The highest BCUT2D eigenvalue weighted by Gasteiger charge is 2.04. The summed E-state index contributed by atoms with van der Waals surface area (Å²) in [7, 11) is 1.94. The monoisotopic (exact) mass is 167 g/mol. The summed E-state index contributed by atoms with van der Waals surface area (Å²) in [6.45, 7) is 6.36. The molecule has 0 aliphatic heterocycles. The fourth-order valence-electron chi connectivity index (χ4n) is 1.11. The van der Waals surface area contributed by atoms with Crippen molar-refractivity contribution in [1.82, 2.24) is 9.78 Å². The number of aromatic nitrogens is 2. The molecule has 1 unspecified atom stereocenters. The van der Waals surface area contributed by atoms with E-state index in [-0.39, 0.29) is 0 Å². The third-order valence-corrected chi connectivity index (χ3v) is 2.03. The van der Waals surface area contributed by atoms with Crippen molar-refractivity contribution in [2.24, 2.45) is 7.05 Å². The van der Waals surface area contributed by atoms with E-state index in [1.54, 1.807) is 0 Å². The van der Waals surface area contributed by atoms with Gasteiger partial charge in [-0.15, -0.1) is 0 Å². The average Bonchev–Trinajstić information content (AvgIpc) is 2.30. The van der Waals surface area contributed by atoms with Crippen molar-refractivity contribution in [2.75, 3.05) is 5.32 Å². The van der Waals surface area contributed by atoms with Crippen molar-refractivity contribution in [3.8, 4) is 0 Å². The fourth-order valence-corrected chi connectivity index (χ4v) is 1.11. The van der Waals surface area contributed by atoms with Crippen LogP contribution in [0.1, 0.15) is 26.0 Å². The standard InChI is InChI=1S/C9H17N3/c1-5-7(2)10-9-6-12(4)11-8(9)3/h6-7,10H,5H2,1-4H3. The molecule has 1 heterocycles. The summed E-state index contributed by atoms with van der Waals surface area (Å²) in [5.74, 6) is 0. The molecule has 0 spiro atoms. The number of nitrogens with one attached hydrogen (secondary N) is 1. The maximum Gasteiger partial charge on any atom is 0.0825 e. The van der Waals surface area contributed by atoms with Gasteiger partial charge in [0.15, 0.2) is 0 Å². The van der Waals surface area contributed by atoms with Crippen molar-refractivity contribution in [3.05, 3.63) is 11.9 Å². The molecule has 0 fully saturated rings. The zero-order valence-electron chi connectivity index (χ0n) is 8.26. The van der Waals surface area contributed by atoms with Gasteiger partial charge >= 0.3 is 0 Å². The Morgan fingerprint density at radius 2 is 2.33 bits per heavy atom. The number of hydrogen-bond acceptors (Lipinski definition) is 2. The van der Waals surface area contributed by atoms with Gasteiger partial charge in [-0.1, -0.05) is 6.92 Å². The minimum Gasteiger partial charge on any atom is -0.380 e. The molecule has 1 aromatic heterocycles. The predicted octanol–water partition coefficient (Wildman–Crippen LogP) is 1.94. The number of nitrogens with zero attached hydrogens (tertiary/aromatic N) is 2. The zero-order valence-corrected chi connectivity index (χ0v) is 8.26. The molecule has 3 heteroatoms. The Labute approximate surface area is 73.8 Å². The van der Waals surface area contributed by atoms with Gasteiger partial charge in [0.05, 0.1) is 11.4 Å². The molecule has 0 saturated carbocycles. The van der Waals surface area contributed by atoms with E-state index in [1.807, 2.05) is 24.9 Å². The molecule has 68 valence electrons. The molecule has 0 amide bonds. The molecular formula is C9H17N3. The first-order chi connectivity index (χ1) is 5.63. The molecule has 1 N–H and O–H groups in total. The van der Waals surface area contributed by atoms with Crippen molar-refractivity contribution in [1.29, 1.82) is 0 Å². The zero-order chi connectivity index (χ0) is 9.14. The van der Waals surface area contributed by atoms with Crippen LogP contribution < -0.4 is 5.32 Å². The van der Waals surface area contributed by atoms with Gasteiger partial charge in [-0.2, -0.15) is 5.10 Å². The molecule has 1 atom stereocenters. The van der Waals surface area contributed by atoms with E-state index in [1.165, 1.54) is 0 Å². The smallest absolute Gasteiger partial charge is 0.0825 e. The Morgan fingerprint density at radius 1 is 1.67 bits per heavy atom. The van der Waals surface area contributed by atoms with Crippen LogP contribution >= 0.6 is 0 Å². The lowest BCUT2D eigenvalue weighted by Gasteiger charge is -2.10. The van der Waals surface area contributed by atoms with Crippen LogP contribution in [0.4, 0.5) is 5.69 Å². The van der Waals surface area contributed by atoms with E-state index >= 15 is 0 Å². The maximum absolute atomic E-state index is 4.25. The SMILES string of the molecule is CCC(C)Nc1cn(C)nc1C. The van der Waals surface area contributed by atoms with Crippen LogP contribution in [-0.2, 0) is 7.05 Å². The molecule has 1 aromatic rings. The first-order valence-electron chi connectivity index (χ1n) is 4.40. The second-order valence-electron chi connectivity index (χ2n) is 3.26. The highest BCUT2D eigenvalue weighted by molar-refractivity contribution is 5.46. The summed E-state index contributed by atoms with van der Waals surface area (Å²) in [4.78, 5) is 0. The van der Waals surface area contributed by atoms with Crippen molar-refractivity contribution in [2.45, 2.75) is 33.2 Å². The van der Waals surface area contributed by atoms with Crippen molar-refractivity contribution >= 4 is 5.69 Å². The first kappa shape index (κ1) is 9.10. The van der Waals surface area contributed by atoms with Gasteiger partial charge in [0.1, 0.15) is 0 Å². The summed E-state index contributed by atoms with van der Waals surface area (Å²) >= 11 is 0. The quantitative estimate of drug-likeness (QED) is 0.745. The van der Waals surface area contributed by atoms with Crippen LogP contribution in [0.15, 0.2) is 6.20 Å². The second kappa shape index (κ2) is 3.61. The molecule has 0 aliphatic carbocycles. The van der Waals surface area contributed by atoms with Gasteiger partial charge in [0, 0.05) is 19.3 Å². The van der Waals surface area contributed by atoms with E-state index in [4.69, 9.17) is 0 Å². The molecule has 0 aromatic carbocycles. The van der Waals surface area contributed by atoms with Crippen LogP contribution in [0.2, 0.25) is 0 Å². The number of hydrogen-bond donors (Lipinski definition) is 1. The van der Waals surface area contributed by atoms with Crippen LogP contribution in [0.3, 0.4) is 0 Å². The topological polar surface area (TPSA) is 29.9 Å². The minimum absolute atomic E-state index is 0.521. The van der Waals surface area contributed by atoms with Gasteiger partial charge in [-0.3, -0.25) is 4.68 Å². The summed E-state index contributed by atoms with van der Waals surface area (Å²) in [5, 5.41) is 7.65. The Morgan fingerprint density at radius 3 is 2.75 bits per heavy atom. The van der Waals surface area contributed by atoms with Gasteiger partial charge in [-0.05, 0) is 20.3 Å². The lowest BCUT2D eigenvalue weighted by molar-refractivity contribution is 0.755. The van der Waals surface area contributed by atoms with Crippen molar-refractivity contribution in [3.63, 3.8) is 0 Å². The van der Waals surface area contributed by atoms with Gasteiger partial charge in [-0.25, -0.2) is 0 Å². The third-order valence-electron chi connectivity index (χ3n) is 2.03. The van der Waals surface area contributed by atoms with Crippen molar-refractivity contribution < 1.29 is 0 Å². The minimum atomic E-state index is 0.521. The number of aryl methyl sites for hydroxylation is 2. The van der Waals surface area contributed by atoms with Gasteiger partial charge < -0.3 is 5.32 Å². The van der Waals surface area contributed by atoms with E-state index in [0.29, 0.717) is 6.04 Å². The molecule has 3 nitrogen and oxygen atoms in total. The van der Waals surface area contributed by atoms with E-state index in [9.17, 15) is 0 Å². The van der Waals surface area contributed by atoms with E-state index < -0.39 is 0 Å². The number of anilines is 1. The van der Waals surface area contributed by atoms with E-state index in [0.717, 1.165) is 17.8 Å². The lowest BCUT2D eigenvalue weighted by atomic mass is 10.2. The van der Waals surface area contributed by atoms with Crippen LogP contribution in [0.25, 0.3) is 0 Å². The molecule has 12 heavy (non-hydrogen) atoms. The average molecular weight is 167 g/mol. The summed E-state index contributed by atoms with van der Waals surface area (Å²) < 4.78 is 1.83. The molecule has 0 radical (unpaired) electrons. The third kappa shape index (κ3) is 2.00. The van der Waals surface area contributed by atoms with Gasteiger partial charge in [0.2, 0.25) is 0 Å². The van der Waals surface area contributed by atoms with Crippen LogP contribution in [0, 0.1) is 6.92 Å². The van der Waals surface area contributed by atoms with Gasteiger partial charge in [0.25, 0.3) is 0 Å². The molecule has 0 aliphatic rings. The van der Waals surface area contributed by atoms with Crippen LogP contribution in [-0.4, -0.2) is 15.8 Å².